The highest BCUT2D eigenvalue weighted by Crippen LogP contribution is 2.19. The lowest BCUT2D eigenvalue weighted by Crippen LogP contribution is -3.00. The van der Waals surface area contributed by atoms with Crippen LogP contribution in [0.3, 0.4) is 0 Å². The molecule has 0 aliphatic carbocycles. The molecule has 1 aromatic heterocycles. The van der Waals surface area contributed by atoms with Gasteiger partial charge in [0.1, 0.15) is 19.7 Å². The second kappa shape index (κ2) is 23.3. The van der Waals surface area contributed by atoms with Crippen LogP contribution in [0, 0.1) is 0 Å². The summed E-state index contributed by atoms with van der Waals surface area (Å²) in [6.07, 6.45) is 22.0. The van der Waals surface area contributed by atoms with E-state index in [-0.39, 0.29) is 49.1 Å². The van der Waals surface area contributed by atoms with Crippen molar-refractivity contribution in [3.8, 4) is 0 Å². The molecule has 0 saturated carbocycles. The van der Waals surface area contributed by atoms with Gasteiger partial charge in [-0.15, -0.1) is 0 Å². The second-order valence-electron chi connectivity index (χ2n) is 10.9. The Morgan fingerprint density at radius 2 is 1.48 bits per heavy atom. The van der Waals surface area contributed by atoms with Gasteiger partial charge in [0.25, 0.3) is 0 Å². The maximum Gasteiger partial charge on any atom is 0.417 e. The Bertz CT molecular complexity index is 809. The van der Waals surface area contributed by atoms with E-state index in [4.69, 9.17) is 14.2 Å². The first-order chi connectivity index (χ1) is 19.0. The topological polar surface area (TPSA) is 69.0 Å². The first-order valence-electron chi connectivity index (χ1n) is 15.7. The van der Waals surface area contributed by atoms with Gasteiger partial charge in [-0.25, -0.2) is 14.3 Å². The second-order valence-corrected chi connectivity index (χ2v) is 10.9. The molecule has 2 rings (SSSR count). The maximum absolute atomic E-state index is 12.6. The van der Waals surface area contributed by atoms with E-state index in [1.165, 1.54) is 96.8 Å². The van der Waals surface area contributed by atoms with Gasteiger partial charge in [0.2, 0.25) is 11.6 Å². The minimum absolute atomic E-state index is 0. The Morgan fingerprint density at radius 1 is 0.900 bits per heavy atom. The van der Waals surface area contributed by atoms with E-state index in [2.05, 4.69) is 6.92 Å². The van der Waals surface area contributed by atoms with Crippen molar-refractivity contribution in [2.24, 2.45) is 0 Å². The number of nitrogens with zero attached hydrogens (tertiary/aromatic N) is 2. The van der Waals surface area contributed by atoms with Crippen LogP contribution in [0.25, 0.3) is 0 Å². The molecule has 1 aliphatic rings. The predicted octanol–water partition coefficient (Wildman–Crippen LogP) is 4.49. The molecule has 1 aliphatic heterocycles. The fraction of sp³-hybridized carbons (Fsp3) is 0.781. The number of pyridine rings is 1. The van der Waals surface area contributed by atoms with E-state index in [9.17, 15) is 9.59 Å². The Kier molecular flexibility index (Phi) is 21.4. The molecule has 1 saturated heterocycles. The molecular formula is C32H55IN2O5. The molecule has 2 unspecified atom stereocenters. The lowest BCUT2D eigenvalue weighted by Gasteiger charge is -2.19. The number of carbonyl (C=O) groups is 2. The molecule has 2 amide bonds. The number of aromatic nitrogens is 1. The van der Waals surface area contributed by atoms with Crippen molar-refractivity contribution in [3.63, 3.8) is 0 Å². The quantitative estimate of drug-likeness (QED) is 0.109. The Hall–Kier alpha value is -1.26. The number of ether oxygens (including phenoxy) is 3. The van der Waals surface area contributed by atoms with Gasteiger partial charge in [0.05, 0.1) is 12.7 Å². The zero-order valence-electron chi connectivity index (χ0n) is 25.4. The number of hydrogen-bond acceptors (Lipinski definition) is 5. The van der Waals surface area contributed by atoms with Gasteiger partial charge in [0, 0.05) is 19.1 Å². The number of halogens is 1. The van der Waals surface area contributed by atoms with Crippen LogP contribution in [-0.4, -0.2) is 42.5 Å². The number of unbranched alkanes of at least 4 members (excludes halogenated alkanes) is 14. The van der Waals surface area contributed by atoms with Gasteiger partial charge in [-0.05, 0) is 13.3 Å². The molecule has 8 heteroatoms. The van der Waals surface area contributed by atoms with E-state index in [0.29, 0.717) is 6.61 Å². The van der Waals surface area contributed by atoms with Crippen molar-refractivity contribution >= 4 is 12.0 Å². The van der Waals surface area contributed by atoms with Crippen LogP contribution < -0.4 is 28.5 Å². The number of aryl methyl sites for hydroxylation is 1. The summed E-state index contributed by atoms with van der Waals surface area (Å²) in [6.45, 7) is 7.09. The minimum Gasteiger partial charge on any atom is -1.00 e. The van der Waals surface area contributed by atoms with Crippen LogP contribution in [0.2, 0.25) is 0 Å². The fourth-order valence-electron chi connectivity index (χ4n) is 5.14. The zero-order chi connectivity index (χ0) is 28.1. The van der Waals surface area contributed by atoms with E-state index in [1.807, 2.05) is 35.9 Å². The monoisotopic (exact) mass is 674 g/mol. The third kappa shape index (κ3) is 15.7. The van der Waals surface area contributed by atoms with Gasteiger partial charge in [-0.3, -0.25) is 4.79 Å². The molecule has 0 bridgehead atoms. The van der Waals surface area contributed by atoms with Gasteiger partial charge in [-0.1, -0.05) is 109 Å². The standard InChI is InChI=1S/C32H55N2O5.HI/c1-4-6-7-8-9-10-11-12-13-14-15-16-17-18-19-23-30-26-37-31(39-30)27-38-32(36)34(28(3)35)25-29-22-20-21-24-33(29)5-2;/h20-22,24,30-31H,4-19,23,25-27H2,1-3H3;1H/q+1;/p-1. The molecular weight excluding hydrogens is 619 g/mol. The minimum atomic E-state index is -0.674. The summed E-state index contributed by atoms with van der Waals surface area (Å²) in [7, 11) is 0. The highest BCUT2D eigenvalue weighted by Gasteiger charge is 2.29. The maximum atomic E-state index is 12.6. The molecule has 0 radical (unpaired) electrons. The predicted molar refractivity (Wildman–Crippen MR) is 154 cm³/mol. The first-order valence-corrected chi connectivity index (χ1v) is 15.7. The normalized spacial score (nSPS) is 16.5. The average molecular weight is 675 g/mol. The number of hydrogen-bond donors (Lipinski definition) is 0. The van der Waals surface area contributed by atoms with E-state index >= 15 is 0 Å². The number of carbonyl (C=O) groups excluding carboxylic acids is 2. The summed E-state index contributed by atoms with van der Waals surface area (Å²) < 4.78 is 19.0. The Balaban J connectivity index is 0.00000800. The van der Waals surface area contributed by atoms with Crippen molar-refractivity contribution in [2.75, 3.05) is 13.2 Å². The zero-order valence-corrected chi connectivity index (χ0v) is 27.6. The average Bonchev–Trinajstić information content (AvgIpc) is 3.40. The van der Waals surface area contributed by atoms with E-state index in [1.54, 1.807) is 0 Å². The highest BCUT2D eigenvalue weighted by molar-refractivity contribution is 5.90. The summed E-state index contributed by atoms with van der Waals surface area (Å²) in [5.74, 6) is -0.356. The van der Waals surface area contributed by atoms with E-state index in [0.717, 1.165) is 30.0 Å². The van der Waals surface area contributed by atoms with Crippen LogP contribution in [0.4, 0.5) is 4.79 Å². The Labute approximate surface area is 260 Å². The number of rotatable bonds is 21. The smallest absolute Gasteiger partial charge is 0.417 e. The molecule has 7 nitrogen and oxygen atoms in total. The summed E-state index contributed by atoms with van der Waals surface area (Å²) in [4.78, 5) is 25.8. The third-order valence-corrected chi connectivity index (χ3v) is 7.58. The van der Waals surface area contributed by atoms with Gasteiger partial charge >= 0.3 is 6.09 Å². The molecule has 40 heavy (non-hydrogen) atoms. The highest BCUT2D eigenvalue weighted by atomic mass is 127. The SMILES string of the molecule is CCCCCCCCCCCCCCCCCC1COC(COC(=O)N(Cc2cccc[n+]2CC)C(C)=O)O1.[I-]. The molecule has 230 valence electrons. The summed E-state index contributed by atoms with van der Waals surface area (Å²) in [6, 6.07) is 5.72. The number of imide groups is 1. The molecule has 0 spiro atoms. The summed E-state index contributed by atoms with van der Waals surface area (Å²) in [5.41, 5.74) is 0.865. The molecule has 2 heterocycles. The van der Waals surface area contributed by atoms with Crippen molar-refractivity contribution in [3.05, 3.63) is 30.1 Å². The van der Waals surface area contributed by atoms with Crippen molar-refractivity contribution < 1.29 is 52.3 Å². The lowest BCUT2D eigenvalue weighted by atomic mass is 10.0. The lowest BCUT2D eigenvalue weighted by molar-refractivity contribution is -0.701. The molecule has 2 atom stereocenters. The van der Waals surface area contributed by atoms with Crippen LogP contribution in [-0.2, 0) is 32.1 Å². The molecule has 1 fully saturated rings. The fourth-order valence-corrected chi connectivity index (χ4v) is 5.14. The molecule has 0 N–H and O–H groups in total. The van der Waals surface area contributed by atoms with Crippen molar-refractivity contribution in [1.82, 2.24) is 4.90 Å². The third-order valence-electron chi connectivity index (χ3n) is 7.58. The van der Waals surface area contributed by atoms with Crippen molar-refractivity contribution in [1.29, 1.82) is 0 Å². The van der Waals surface area contributed by atoms with Crippen LogP contribution in [0.5, 0.6) is 0 Å². The van der Waals surface area contributed by atoms with Gasteiger partial charge < -0.3 is 38.2 Å². The van der Waals surface area contributed by atoms with Gasteiger partial charge in [0.15, 0.2) is 12.5 Å². The van der Waals surface area contributed by atoms with Crippen LogP contribution >= 0.6 is 0 Å². The first kappa shape index (κ1) is 36.8. The van der Waals surface area contributed by atoms with Crippen LogP contribution in [0.1, 0.15) is 129 Å². The van der Waals surface area contributed by atoms with Crippen LogP contribution in [0.15, 0.2) is 24.4 Å². The Morgan fingerprint density at radius 3 is 2.02 bits per heavy atom. The number of amides is 2. The molecule has 0 aromatic carbocycles. The summed E-state index contributed by atoms with van der Waals surface area (Å²) in [5, 5.41) is 0. The molecule has 1 aromatic rings. The summed E-state index contributed by atoms with van der Waals surface area (Å²) >= 11 is 0. The van der Waals surface area contributed by atoms with Gasteiger partial charge in [-0.2, -0.15) is 0 Å². The largest absolute Gasteiger partial charge is 1.00 e. The van der Waals surface area contributed by atoms with E-state index < -0.39 is 12.4 Å². The van der Waals surface area contributed by atoms with Crippen molar-refractivity contribution in [2.45, 2.75) is 149 Å².